The topological polar surface area (TPSA) is 132 Å². The predicted octanol–water partition coefficient (Wildman–Crippen LogP) is 3.48. The molecule has 0 spiro atoms. The molecule has 0 atom stereocenters. The van der Waals surface area contributed by atoms with Gasteiger partial charge in [-0.05, 0) is 71.1 Å². The third-order valence-electron chi connectivity index (χ3n) is 5.36. The SMILES string of the molecule is O=C(O)c1ccc(C2CC2)c(S(=O)(=O)Nc2cc(-n3cnnn3)c(Cl)cc2-n2cccc2)c1. The molecule has 2 N–H and O–H groups in total. The summed E-state index contributed by atoms with van der Waals surface area (Å²) in [6.45, 7) is 0. The Morgan fingerprint density at radius 1 is 1.12 bits per heavy atom. The molecule has 0 saturated heterocycles. The molecule has 1 saturated carbocycles. The molecule has 4 aromatic rings. The number of nitrogens with zero attached hydrogens (tertiary/aromatic N) is 5. The fourth-order valence-electron chi connectivity index (χ4n) is 3.62. The lowest BCUT2D eigenvalue weighted by molar-refractivity contribution is 0.0696. The number of benzene rings is 2. The van der Waals surface area contributed by atoms with E-state index in [-0.39, 0.29) is 22.1 Å². The molecule has 5 rings (SSSR count). The molecule has 0 unspecified atom stereocenters. The second-order valence-corrected chi connectivity index (χ2v) is 9.66. The Balaban J connectivity index is 1.65. The van der Waals surface area contributed by atoms with Gasteiger partial charge in [-0.1, -0.05) is 17.7 Å². The lowest BCUT2D eigenvalue weighted by Gasteiger charge is -2.18. The zero-order valence-corrected chi connectivity index (χ0v) is 18.5. The summed E-state index contributed by atoms with van der Waals surface area (Å²) in [6, 6.07) is 10.9. The minimum Gasteiger partial charge on any atom is -0.478 e. The van der Waals surface area contributed by atoms with Crippen molar-refractivity contribution in [3.05, 3.63) is 77.3 Å². The van der Waals surface area contributed by atoms with Crippen molar-refractivity contribution in [2.45, 2.75) is 23.7 Å². The summed E-state index contributed by atoms with van der Waals surface area (Å²) < 4.78 is 32.7. The quantitative estimate of drug-likeness (QED) is 0.410. The van der Waals surface area contributed by atoms with Crippen molar-refractivity contribution >= 4 is 33.3 Å². The van der Waals surface area contributed by atoms with Gasteiger partial charge in [0.25, 0.3) is 10.0 Å². The fraction of sp³-hybridized carbons (Fsp3) is 0.143. The van der Waals surface area contributed by atoms with Gasteiger partial charge in [0.15, 0.2) is 0 Å². The van der Waals surface area contributed by atoms with Gasteiger partial charge in [-0.25, -0.2) is 13.2 Å². The van der Waals surface area contributed by atoms with Crippen LogP contribution in [-0.4, -0.2) is 44.3 Å². The molecule has 10 nitrogen and oxygen atoms in total. The van der Waals surface area contributed by atoms with E-state index in [1.54, 1.807) is 41.2 Å². The number of rotatable bonds is 7. The first-order chi connectivity index (χ1) is 15.8. The summed E-state index contributed by atoms with van der Waals surface area (Å²) in [4.78, 5) is 11.5. The number of hydrogen-bond donors (Lipinski definition) is 2. The van der Waals surface area contributed by atoms with Crippen molar-refractivity contribution in [2.75, 3.05) is 4.72 Å². The molecule has 1 fully saturated rings. The molecule has 2 aromatic heterocycles. The number of anilines is 1. The molecular weight excluding hydrogens is 468 g/mol. The van der Waals surface area contributed by atoms with Crippen LogP contribution < -0.4 is 4.72 Å². The average molecular weight is 485 g/mol. The highest BCUT2D eigenvalue weighted by Crippen LogP contribution is 2.43. The van der Waals surface area contributed by atoms with Gasteiger partial charge in [0.1, 0.15) is 6.33 Å². The van der Waals surface area contributed by atoms with Gasteiger partial charge in [0, 0.05) is 12.4 Å². The highest BCUT2D eigenvalue weighted by Gasteiger charge is 2.32. The molecule has 33 heavy (non-hydrogen) atoms. The third-order valence-corrected chi connectivity index (χ3v) is 7.08. The standard InChI is InChI=1S/C21H17ClN6O4S/c22-16-10-19(27-7-1-2-8-27)17(11-18(16)28-12-23-25-26-28)24-33(31,32)20-9-14(21(29)30)5-6-15(20)13-3-4-13/h1-2,5-13,24H,3-4H2,(H,29,30). The first kappa shape index (κ1) is 21.2. The molecule has 0 aliphatic heterocycles. The number of carboxylic acids is 1. The first-order valence-corrected chi connectivity index (χ1v) is 11.8. The monoisotopic (exact) mass is 484 g/mol. The maximum atomic E-state index is 13.5. The molecule has 0 radical (unpaired) electrons. The van der Waals surface area contributed by atoms with Crippen LogP contribution in [0.1, 0.15) is 34.7 Å². The second-order valence-electron chi connectivity index (χ2n) is 7.60. The van der Waals surface area contributed by atoms with Crippen molar-refractivity contribution in [1.82, 2.24) is 24.8 Å². The van der Waals surface area contributed by atoms with Gasteiger partial charge < -0.3 is 9.67 Å². The van der Waals surface area contributed by atoms with Crippen molar-refractivity contribution in [2.24, 2.45) is 0 Å². The second kappa shape index (κ2) is 8.01. The number of hydrogen-bond acceptors (Lipinski definition) is 6. The summed E-state index contributed by atoms with van der Waals surface area (Å²) in [7, 11) is -4.15. The van der Waals surface area contributed by atoms with Crippen LogP contribution in [0.25, 0.3) is 11.4 Å². The van der Waals surface area contributed by atoms with Gasteiger partial charge in [0.05, 0.1) is 32.5 Å². The minimum absolute atomic E-state index is 0.0534. The zero-order chi connectivity index (χ0) is 23.2. The molecule has 1 aliphatic rings. The zero-order valence-electron chi connectivity index (χ0n) is 17.0. The van der Waals surface area contributed by atoms with E-state index in [2.05, 4.69) is 20.2 Å². The molecule has 0 amide bonds. The number of nitrogens with one attached hydrogen (secondary N) is 1. The normalized spacial score (nSPS) is 13.7. The summed E-state index contributed by atoms with van der Waals surface area (Å²) in [5.74, 6) is -1.11. The number of aromatic nitrogens is 5. The maximum absolute atomic E-state index is 13.5. The Hall–Kier alpha value is -3.70. The van der Waals surface area contributed by atoms with Gasteiger partial charge in [-0.15, -0.1) is 5.10 Å². The Morgan fingerprint density at radius 2 is 1.88 bits per heavy atom. The Kier molecular flexibility index (Phi) is 5.14. The minimum atomic E-state index is -4.15. The van der Waals surface area contributed by atoms with E-state index in [4.69, 9.17) is 11.6 Å². The van der Waals surface area contributed by atoms with Gasteiger partial charge in [-0.2, -0.15) is 4.68 Å². The predicted molar refractivity (Wildman–Crippen MR) is 120 cm³/mol. The summed E-state index contributed by atoms with van der Waals surface area (Å²) in [5, 5.41) is 20.7. The van der Waals surface area contributed by atoms with E-state index in [1.165, 1.54) is 29.2 Å². The van der Waals surface area contributed by atoms with E-state index in [0.717, 1.165) is 12.8 Å². The fourth-order valence-corrected chi connectivity index (χ4v) is 5.26. The molecule has 2 aromatic carbocycles. The molecule has 0 bridgehead atoms. The molecular formula is C21H17ClN6O4S. The number of tetrazole rings is 1. The molecule has 12 heteroatoms. The Morgan fingerprint density at radius 3 is 2.52 bits per heavy atom. The number of carbonyl (C=O) groups is 1. The van der Waals surface area contributed by atoms with Crippen molar-refractivity contribution in [3.63, 3.8) is 0 Å². The highest BCUT2D eigenvalue weighted by molar-refractivity contribution is 7.92. The van der Waals surface area contributed by atoms with E-state index in [1.807, 2.05) is 0 Å². The smallest absolute Gasteiger partial charge is 0.335 e. The van der Waals surface area contributed by atoms with Crippen LogP contribution >= 0.6 is 11.6 Å². The maximum Gasteiger partial charge on any atom is 0.335 e. The van der Waals surface area contributed by atoms with Crippen LogP contribution in [0.4, 0.5) is 5.69 Å². The Labute approximate surface area is 193 Å². The highest BCUT2D eigenvalue weighted by atomic mass is 35.5. The van der Waals surface area contributed by atoms with Gasteiger partial charge in [0.2, 0.25) is 0 Å². The molecule has 2 heterocycles. The number of aromatic carboxylic acids is 1. The van der Waals surface area contributed by atoms with Gasteiger partial charge >= 0.3 is 5.97 Å². The first-order valence-electron chi connectivity index (χ1n) is 9.94. The molecule has 168 valence electrons. The number of carboxylic acid groups (broad SMARTS) is 1. The third kappa shape index (κ3) is 4.08. The van der Waals surface area contributed by atoms with Crippen LogP contribution in [0.2, 0.25) is 5.02 Å². The molecule has 1 aliphatic carbocycles. The van der Waals surface area contributed by atoms with Gasteiger partial charge in [-0.3, -0.25) is 4.72 Å². The van der Waals surface area contributed by atoms with Crippen LogP contribution in [0, 0.1) is 0 Å². The van der Waals surface area contributed by atoms with Crippen LogP contribution in [-0.2, 0) is 10.0 Å². The summed E-state index contributed by atoms with van der Waals surface area (Å²) in [5.41, 5.74) is 1.58. The van der Waals surface area contributed by atoms with E-state index < -0.39 is 16.0 Å². The number of sulfonamides is 1. The largest absolute Gasteiger partial charge is 0.478 e. The van der Waals surface area contributed by atoms with Crippen molar-refractivity contribution < 1.29 is 18.3 Å². The summed E-state index contributed by atoms with van der Waals surface area (Å²) in [6.07, 6.45) is 6.56. The lowest BCUT2D eigenvalue weighted by atomic mass is 10.1. The van der Waals surface area contributed by atoms with Crippen molar-refractivity contribution in [3.8, 4) is 11.4 Å². The van der Waals surface area contributed by atoms with E-state index in [0.29, 0.717) is 22.0 Å². The van der Waals surface area contributed by atoms with E-state index >= 15 is 0 Å². The van der Waals surface area contributed by atoms with Crippen LogP contribution in [0.15, 0.2) is 66.1 Å². The van der Waals surface area contributed by atoms with Crippen LogP contribution in [0.3, 0.4) is 0 Å². The number of halogens is 1. The lowest BCUT2D eigenvalue weighted by Crippen LogP contribution is -2.17. The summed E-state index contributed by atoms with van der Waals surface area (Å²) >= 11 is 6.46. The Bertz CT molecular complexity index is 1450. The average Bonchev–Trinajstić information content (AvgIpc) is 3.24. The van der Waals surface area contributed by atoms with E-state index in [9.17, 15) is 18.3 Å². The van der Waals surface area contributed by atoms with Crippen LogP contribution in [0.5, 0.6) is 0 Å². The van der Waals surface area contributed by atoms with Crippen molar-refractivity contribution in [1.29, 1.82) is 0 Å².